The van der Waals surface area contributed by atoms with Crippen LogP contribution in [-0.2, 0) is 30.5 Å². The van der Waals surface area contributed by atoms with Crippen LogP contribution in [-0.4, -0.2) is 47.5 Å². The van der Waals surface area contributed by atoms with E-state index in [9.17, 15) is 29.3 Å². The number of amides is 3. The highest BCUT2D eigenvalue weighted by atomic mass is 16.6. The minimum absolute atomic E-state index is 0.00560. The number of primary amides is 1. The van der Waals surface area contributed by atoms with Gasteiger partial charge in [0.1, 0.15) is 18.7 Å². The number of hydrogen-bond acceptors (Lipinski definition) is 8. The number of nitrogens with two attached hydrogens (primary N) is 1. The van der Waals surface area contributed by atoms with Crippen LogP contribution in [0.4, 0.5) is 10.5 Å². The Morgan fingerprint density at radius 3 is 2.15 bits per heavy atom. The van der Waals surface area contributed by atoms with E-state index in [-0.39, 0.29) is 37.7 Å². The molecule has 2 rings (SSSR count). The van der Waals surface area contributed by atoms with Gasteiger partial charge in [-0.2, -0.15) is 0 Å². The van der Waals surface area contributed by atoms with E-state index < -0.39 is 46.8 Å². The summed E-state index contributed by atoms with van der Waals surface area (Å²) >= 11 is 0. The Morgan fingerprint density at radius 2 is 1.62 bits per heavy atom. The van der Waals surface area contributed by atoms with Crippen molar-refractivity contribution >= 4 is 29.6 Å². The summed E-state index contributed by atoms with van der Waals surface area (Å²) in [6.45, 7) is 5.40. The van der Waals surface area contributed by atoms with E-state index in [1.165, 1.54) is 24.3 Å². The normalized spacial score (nSPS) is 13.0. The molecule has 3 amide bonds. The lowest BCUT2D eigenvalue weighted by atomic mass is 9.87. The van der Waals surface area contributed by atoms with Gasteiger partial charge in [-0.15, -0.1) is 0 Å². The summed E-state index contributed by atoms with van der Waals surface area (Å²) in [4.78, 5) is 61.1. The van der Waals surface area contributed by atoms with E-state index in [0.717, 1.165) is 5.56 Å². The molecule has 2 aromatic rings. The third-order valence-corrected chi connectivity index (χ3v) is 5.76. The van der Waals surface area contributed by atoms with Gasteiger partial charge in [-0.25, -0.2) is 4.79 Å². The monoisotopic (exact) mass is 542 g/mol. The molecule has 0 saturated carbocycles. The lowest BCUT2D eigenvalue weighted by Gasteiger charge is -2.28. The predicted molar refractivity (Wildman–Crippen MR) is 141 cm³/mol. The van der Waals surface area contributed by atoms with Crippen LogP contribution in [0.15, 0.2) is 54.6 Å². The van der Waals surface area contributed by atoms with Crippen molar-refractivity contribution in [3.8, 4) is 0 Å². The van der Waals surface area contributed by atoms with Gasteiger partial charge in [0.25, 0.3) is 5.69 Å². The van der Waals surface area contributed by atoms with E-state index in [2.05, 4.69) is 10.6 Å². The van der Waals surface area contributed by atoms with Gasteiger partial charge in [0, 0.05) is 18.1 Å². The van der Waals surface area contributed by atoms with Gasteiger partial charge >= 0.3 is 12.1 Å². The molecule has 0 spiro atoms. The second-order valence-corrected chi connectivity index (χ2v) is 9.24. The Bertz CT molecular complexity index is 1140. The molecule has 210 valence electrons. The molecule has 0 aliphatic rings. The molecule has 0 saturated heterocycles. The maximum Gasteiger partial charge on any atom is 0.408 e. The number of nitrogens with zero attached hydrogens (tertiary/aromatic N) is 1. The van der Waals surface area contributed by atoms with Crippen LogP contribution in [0.2, 0.25) is 0 Å². The molecule has 4 N–H and O–H groups in total. The van der Waals surface area contributed by atoms with Crippen LogP contribution in [0, 0.1) is 16.0 Å². The lowest BCUT2D eigenvalue weighted by Crippen LogP contribution is -2.55. The number of carbonyl (C=O) groups is 4. The lowest BCUT2D eigenvalue weighted by molar-refractivity contribution is -0.384. The molecule has 2 aromatic carbocycles. The highest BCUT2D eigenvalue weighted by Gasteiger charge is 2.34. The minimum atomic E-state index is -1.39. The number of benzene rings is 2. The zero-order valence-electron chi connectivity index (χ0n) is 22.1. The third-order valence-electron chi connectivity index (χ3n) is 5.76. The minimum Gasteiger partial charge on any atom is -0.466 e. The number of ether oxygens (including phenoxy) is 2. The molecule has 12 nitrogen and oxygen atoms in total. The summed E-state index contributed by atoms with van der Waals surface area (Å²) in [6.07, 6.45) is -0.938. The average molecular weight is 543 g/mol. The van der Waals surface area contributed by atoms with Crippen LogP contribution in [0.25, 0.3) is 0 Å². The maximum atomic E-state index is 13.3. The highest BCUT2D eigenvalue weighted by Crippen LogP contribution is 2.27. The third kappa shape index (κ3) is 10.1. The zero-order valence-corrected chi connectivity index (χ0v) is 22.1. The molecule has 0 heterocycles. The molecule has 0 aromatic heterocycles. The van der Waals surface area contributed by atoms with E-state index in [1.807, 2.05) is 19.9 Å². The quantitative estimate of drug-likeness (QED) is 0.185. The van der Waals surface area contributed by atoms with Crippen LogP contribution in [0.3, 0.4) is 0 Å². The fraction of sp³-hybridized carbons (Fsp3) is 0.407. The van der Waals surface area contributed by atoms with Crippen LogP contribution in [0.5, 0.6) is 0 Å². The van der Waals surface area contributed by atoms with Crippen LogP contribution >= 0.6 is 0 Å². The zero-order chi connectivity index (χ0) is 28.9. The van der Waals surface area contributed by atoms with Crippen molar-refractivity contribution in [2.24, 2.45) is 11.7 Å². The summed E-state index contributed by atoms with van der Waals surface area (Å²) < 4.78 is 10.3. The van der Waals surface area contributed by atoms with Crippen molar-refractivity contribution in [3.05, 3.63) is 75.8 Å². The number of alkyl carbamates (subject to hydrolysis) is 1. The van der Waals surface area contributed by atoms with Crippen molar-refractivity contribution in [3.63, 3.8) is 0 Å². The number of carbonyl (C=O) groups excluding carboxylic acids is 4. The molecule has 0 bridgehead atoms. The van der Waals surface area contributed by atoms with E-state index in [4.69, 9.17) is 15.2 Å². The standard InChI is InChI=1S/C27H34N4O8/c1-4-38-23(32)15-21(19-10-12-20(13-11-19)31(36)37)24(25(28)33)30-26(34)22(14-17(2)3)29-27(35)39-16-18-8-6-5-7-9-18/h5-13,17,21-22,24H,4,14-16H2,1-3H3,(H2,28,33)(H,29,35)(H,30,34)/t21-,22+,24-/m1/s1. The maximum absolute atomic E-state index is 13.3. The fourth-order valence-corrected chi connectivity index (χ4v) is 3.90. The number of nitrogens with one attached hydrogen (secondary N) is 2. The predicted octanol–water partition coefficient (Wildman–Crippen LogP) is 2.94. The van der Waals surface area contributed by atoms with Crippen molar-refractivity contribution in [2.45, 2.75) is 58.2 Å². The van der Waals surface area contributed by atoms with Gasteiger partial charge in [-0.1, -0.05) is 56.3 Å². The number of hydrogen-bond donors (Lipinski definition) is 3. The molecule has 0 unspecified atom stereocenters. The van der Waals surface area contributed by atoms with Crippen molar-refractivity contribution < 1.29 is 33.6 Å². The second-order valence-electron chi connectivity index (χ2n) is 9.24. The molecule has 0 aliphatic heterocycles. The Balaban J connectivity index is 2.25. The van der Waals surface area contributed by atoms with Crippen molar-refractivity contribution in [1.82, 2.24) is 10.6 Å². The molecule has 0 fully saturated rings. The molecular weight excluding hydrogens is 508 g/mol. The number of rotatable bonds is 14. The smallest absolute Gasteiger partial charge is 0.408 e. The first kappa shape index (κ1) is 30.7. The first-order valence-electron chi connectivity index (χ1n) is 12.5. The molecule has 39 heavy (non-hydrogen) atoms. The van der Waals surface area contributed by atoms with Crippen LogP contribution < -0.4 is 16.4 Å². The molecule has 12 heteroatoms. The van der Waals surface area contributed by atoms with Gasteiger partial charge < -0.3 is 25.8 Å². The Hall–Kier alpha value is -4.48. The van der Waals surface area contributed by atoms with E-state index in [0.29, 0.717) is 5.56 Å². The summed E-state index contributed by atoms with van der Waals surface area (Å²) in [7, 11) is 0. The van der Waals surface area contributed by atoms with Crippen LogP contribution in [0.1, 0.15) is 50.7 Å². The topological polar surface area (TPSA) is 180 Å². The first-order chi connectivity index (χ1) is 18.5. The Kier molecular flexibility index (Phi) is 11.9. The molecule has 0 radical (unpaired) electrons. The van der Waals surface area contributed by atoms with E-state index in [1.54, 1.807) is 31.2 Å². The number of nitro benzene ring substituents is 1. The fourth-order valence-electron chi connectivity index (χ4n) is 3.90. The number of non-ortho nitro benzene ring substituents is 1. The number of esters is 1. The SMILES string of the molecule is CCOC(=O)C[C@H](c1ccc([N+](=O)[O-])cc1)[C@@H](NC(=O)[C@H](CC(C)C)NC(=O)OCc1ccccc1)C(N)=O. The molecule has 3 atom stereocenters. The average Bonchev–Trinajstić information content (AvgIpc) is 2.89. The first-order valence-corrected chi connectivity index (χ1v) is 12.5. The Labute approximate surface area is 226 Å². The second kappa shape index (κ2) is 15.1. The molecular formula is C27H34N4O8. The van der Waals surface area contributed by atoms with Gasteiger partial charge in [0.2, 0.25) is 11.8 Å². The Morgan fingerprint density at radius 1 is 0.974 bits per heavy atom. The number of nitro groups is 1. The summed E-state index contributed by atoms with van der Waals surface area (Å²) in [5.74, 6) is -3.31. The van der Waals surface area contributed by atoms with Gasteiger partial charge in [0.05, 0.1) is 18.0 Å². The highest BCUT2D eigenvalue weighted by molar-refractivity contribution is 5.91. The van der Waals surface area contributed by atoms with Gasteiger partial charge in [-0.05, 0) is 30.4 Å². The van der Waals surface area contributed by atoms with Gasteiger partial charge in [-0.3, -0.25) is 24.5 Å². The van der Waals surface area contributed by atoms with Gasteiger partial charge in [0.15, 0.2) is 0 Å². The summed E-state index contributed by atoms with van der Waals surface area (Å²) in [5, 5.41) is 16.2. The van der Waals surface area contributed by atoms with E-state index >= 15 is 0 Å². The van der Waals surface area contributed by atoms with Crippen molar-refractivity contribution in [1.29, 1.82) is 0 Å². The molecule has 0 aliphatic carbocycles. The summed E-state index contributed by atoms with van der Waals surface area (Å²) in [6, 6.07) is 11.7. The largest absolute Gasteiger partial charge is 0.466 e. The van der Waals surface area contributed by atoms with Crippen molar-refractivity contribution in [2.75, 3.05) is 6.61 Å². The summed E-state index contributed by atoms with van der Waals surface area (Å²) in [5.41, 5.74) is 6.56.